The van der Waals surface area contributed by atoms with Crippen molar-refractivity contribution in [1.82, 2.24) is 5.32 Å². The first-order valence-electron chi connectivity index (χ1n) is 6.08. The minimum atomic E-state index is -0.251. The van der Waals surface area contributed by atoms with Gasteiger partial charge in [-0.15, -0.1) is 11.3 Å². The molecular weight excluding hydrogens is 248 g/mol. The van der Waals surface area contributed by atoms with Crippen molar-refractivity contribution >= 4 is 28.2 Å². The third-order valence-corrected chi connectivity index (χ3v) is 3.51. The first-order valence-corrected chi connectivity index (χ1v) is 6.90. The molecule has 0 aliphatic heterocycles. The van der Waals surface area contributed by atoms with Crippen LogP contribution in [-0.4, -0.2) is 17.4 Å². The molecular formula is C13H18N2O2S. The summed E-state index contributed by atoms with van der Waals surface area (Å²) in [4.78, 5) is 24.1. The molecule has 1 aliphatic carbocycles. The van der Waals surface area contributed by atoms with Gasteiger partial charge in [0.1, 0.15) is 0 Å². The van der Waals surface area contributed by atoms with Crippen LogP contribution in [0.15, 0.2) is 12.1 Å². The molecule has 0 bridgehead atoms. The van der Waals surface area contributed by atoms with Gasteiger partial charge in [0.05, 0.1) is 9.88 Å². The zero-order valence-corrected chi connectivity index (χ0v) is 11.7. The maximum Gasteiger partial charge on any atom is 0.261 e. The number of carbonyl (C=O) groups is 2. The van der Waals surface area contributed by atoms with E-state index in [4.69, 9.17) is 0 Å². The molecule has 1 heterocycles. The average Bonchev–Trinajstić information content (AvgIpc) is 2.97. The zero-order valence-electron chi connectivity index (χ0n) is 10.9. The van der Waals surface area contributed by atoms with Crippen molar-refractivity contribution in [2.24, 2.45) is 5.92 Å². The second kappa shape index (κ2) is 4.72. The van der Waals surface area contributed by atoms with Crippen molar-refractivity contribution in [3.05, 3.63) is 17.0 Å². The monoisotopic (exact) mass is 266 g/mol. The molecule has 1 saturated carbocycles. The molecule has 18 heavy (non-hydrogen) atoms. The Kier molecular flexibility index (Phi) is 3.43. The molecule has 0 atom stereocenters. The van der Waals surface area contributed by atoms with Gasteiger partial charge < -0.3 is 10.6 Å². The van der Waals surface area contributed by atoms with Crippen LogP contribution in [0.3, 0.4) is 0 Å². The average molecular weight is 266 g/mol. The van der Waals surface area contributed by atoms with E-state index < -0.39 is 0 Å². The summed E-state index contributed by atoms with van der Waals surface area (Å²) in [5.41, 5.74) is -0.251. The lowest BCUT2D eigenvalue weighted by Gasteiger charge is -2.19. The van der Waals surface area contributed by atoms with Gasteiger partial charge in [-0.05, 0) is 45.7 Å². The number of thiophene rings is 1. The molecule has 4 nitrogen and oxygen atoms in total. The minimum absolute atomic E-state index is 0.0691. The van der Waals surface area contributed by atoms with Crippen molar-refractivity contribution in [2.75, 3.05) is 5.32 Å². The number of hydrogen-bond acceptors (Lipinski definition) is 3. The van der Waals surface area contributed by atoms with E-state index in [-0.39, 0.29) is 23.3 Å². The molecule has 1 aromatic heterocycles. The van der Waals surface area contributed by atoms with E-state index in [2.05, 4.69) is 10.6 Å². The Labute approximate surface area is 111 Å². The molecule has 0 saturated heterocycles. The molecule has 5 heteroatoms. The highest BCUT2D eigenvalue weighted by Gasteiger charge is 2.30. The minimum Gasteiger partial charge on any atom is -0.347 e. The maximum absolute atomic E-state index is 11.9. The molecule has 1 fully saturated rings. The highest BCUT2D eigenvalue weighted by molar-refractivity contribution is 7.18. The van der Waals surface area contributed by atoms with E-state index in [1.54, 1.807) is 12.1 Å². The second-order valence-electron chi connectivity index (χ2n) is 5.63. The van der Waals surface area contributed by atoms with Crippen LogP contribution in [0.1, 0.15) is 43.3 Å². The molecule has 2 rings (SSSR count). The third kappa shape index (κ3) is 3.57. The molecule has 0 spiro atoms. The van der Waals surface area contributed by atoms with Crippen LogP contribution in [0.2, 0.25) is 0 Å². The Hall–Kier alpha value is -1.36. The normalized spacial score (nSPS) is 15.3. The summed E-state index contributed by atoms with van der Waals surface area (Å²) in [6.07, 6.45) is 1.96. The lowest BCUT2D eigenvalue weighted by Crippen LogP contribution is -2.40. The predicted molar refractivity (Wildman–Crippen MR) is 72.9 cm³/mol. The number of hydrogen-bond donors (Lipinski definition) is 2. The quantitative estimate of drug-likeness (QED) is 0.883. The Morgan fingerprint density at radius 1 is 1.28 bits per heavy atom. The lowest BCUT2D eigenvalue weighted by atomic mass is 10.1. The van der Waals surface area contributed by atoms with Crippen LogP contribution in [0.5, 0.6) is 0 Å². The third-order valence-electron chi connectivity index (χ3n) is 2.51. The Morgan fingerprint density at radius 3 is 2.50 bits per heavy atom. The van der Waals surface area contributed by atoms with Crippen molar-refractivity contribution in [3.63, 3.8) is 0 Å². The van der Waals surface area contributed by atoms with Crippen LogP contribution in [0, 0.1) is 5.92 Å². The number of carbonyl (C=O) groups excluding carboxylic acids is 2. The second-order valence-corrected chi connectivity index (χ2v) is 6.72. The van der Waals surface area contributed by atoms with Crippen LogP contribution in [0.25, 0.3) is 0 Å². The van der Waals surface area contributed by atoms with Gasteiger partial charge in [0.15, 0.2) is 0 Å². The SMILES string of the molecule is CC(C)(C)NC(=O)c1ccc(NC(=O)C2CC2)s1. The zero-order chi connectivity index (χ0) is 13.3. The fourth-order valence-electron chi connectivity index (χ4n) is 1.50. The molecule has 2 amide bonds. The standard InChI is InChI=1S/C13H18N2O2S/c1-13(2,3)15-12(17)9-6-7-10(18-9)14-11(16)8-4-5-8/h6-8H,4-5H2,1-3H3,(H,14,16)(H,15,17). The van der Waals surface area contributed by atoms with Crippen molar-refractivity contribution in [1.29, 1.82) is 0 Å². The largest absolute Gasteiger partial charge is 0.347 e. The highest BCUT2D eigenvalue weighted by Crippen LogP contribution is 2.31. The molecule has 0 radical (unpaired) electrons. The fraction of sp³-hybridized carbons (Fsp3) is 0.538. The highest BCUT2D eigenvalue weighted by atomic mass is 32.1. The van der Waals surface area contributed by atoms with Gasteiger partial charge in [0.2, 0.25) is 5.91 Å². The van der Waals surface area contributed by atoms with Gasteiger partial charge in [-0.25, -0.2) is 0 Å². The molecule has 1 aromatic rings. The maximum atomic E-state index is 11.9. The van der Waals surface area contributed by atoms with Crippen LogP contribution >= 0.6 is 11.3 Å². The molecule has 2 N–H and O–H groups in total. The topological polar surface area (TPSA) is 58.2 Å². The van der Waals surface area contributed by atoms with E-state index in [1.807, 2.05) is 20.8 Å². The van der Waals surface area contributed by atoms with Gasteiger partial charge >= 0.3 is 0 Å². The van der Waals surface area contributed by atoms with Crippen LogP contribution in [-0.2, 0) is 4.79 Å². The summed E-state index contributed by atoms with van der Waals surface area (Å²) in [5.74, 6) is 0.151. The van der Waals surface area contributed by atoms with Gasteiger partial charge in [-0.1, -0.05) is 0 Å². The Bertz CT molecular complexity index is 470. The summed E-state index contributed by atoms with van der Waals surface area (Å²) < 4.78 is 0. The van der Waals surface area contributed by atoms with E-state index in [1.165, 1.54) is 11.3 Å². The van der Waals surface area contributed by atoms with Crippen molar-refractivity contribution < 1.29 is 9.59 Å². The van der Waals surface area contributed by atoms with Crippen molar-refractivity contribution in [2.45, 2.75) is 39.2 Å². The lowest BCUT2D eigenvalue weighted by molar-refractivity contribution is -0.117. The first-order chi connectivity index (χ1) is 8.35. The van der Waals surface area contributed by atoms with Gasteiger partial charge in [-0.2, -0.15) is 0 Å². The molecule has 0 aromatic carbocycles. The number of nitrogens with one attached hydrogen (secondary N) is 2. The smallest absolute Gasteiger partial charge is 0.261 e. The molecule has 1 aliphatic rings. The summed E-state index contributed by atoms with van der Waals surface area (Å²) in [5, 5.41) is 6.48. The Balaban J connectivity index is 1.96. The summed E-state index contributed by atoms with van der Waals surface area (Å²) in [6, 6.07) is 3.52. The van der Waals surface area contributed by atoms with E-state index >= 15 is 0 Å². The van der Waals surface area contributed by atoms with Gasteiger partial charge in [0.25, 0.3) is 5.91 Å². The molecule has 98 valence electrons. The summed E-state index contributed by atoms with van der Waals surface area (Å²) >= 11 is 1.31. The first kappa shape index (κ1) is 13.1. The van der Waals surface area contributed by atoms with Crippen LogP contribution in [0.4, 0.5) is 5.00 Å². The molecule has 0 unspecified atom stereocenters. The van der Waals surface area contributed by atoms with E-state index in [9.17, 15) is 9.59 Å². The predicted octanol–water partition coefficient (Wildman–Crippen LogP) is 2.62. The number of rotatable bonds is 3. The summed E-state index contributed by atoms with van der Waals surface area (Å²) in [7, 11) is 0. The summed E-state index contributed by atoms with van der Waals surface area (Å²) in [6.45, 7) is 5.82. The Morgan fingerprint density at radius 2 is 1.94 bits per heavy atom. The fourth-order valence-corrected chi connectivity index (χ4v) is 2.30. The number of anilines is 1. The van der Waals surface area contributed by atoms with E-state index in [0.29, 0.717) is 4.88 Å². The van der Waals surface area contributed by atoms with Crippen LogP contribution < -0.4 is 10.6 Å². The van der Waals surface area contributed by atoms with Gasteiger partial charge in [-0.3, -0.25) is 9.59 Å². The van der Waals surface area contributed by atoms with Gasteiger partial charge in [0, 0.05) is 11.5 Å². The number of amides is 2. The van der Waals surface area contributed by atoms with E-state index in [0.717, 1.165) is 17.8 Å². The van der Waals surface area contributed by atoms with Crippen molar-refractivity contribution in [3.8, 4) is 0 Å².